The van der Waals surface area contributed by atoms with Gasteiger partial charge in [-0.25, -0.2) is 13.2 Å². The summed E-state index contributed by atoms with van der Waals surface area (Å²) < 4.78 is 23.8. The number of benzene rings is 1. The fraction of sp³-hybridized carbons (Fsp3) is 0.467. The van der Waals surface area contributed by atoms with Crippen molar-refractivity contribution in [3.63, 3.8) is 0 Å². The van der Waals surface area contributed by atoms with Crippen molar-refractivity contribution in [1.82, 2.24) is 4.90 Å². The molecule has 0 saturated carbocycles. The zero-order valence-corrected chi connectivity index (χ0v) is 13.4. The van der Waals surface area contributed by atoms with Gasteiger partial charge in [0.2, 0.25) is 5.91 Å². The second-order valence-electron chi connectivity index (χ2n) is 6.41. The van der Waals surface area contributed by atoms with Crippen LogP contribution in [0.15, 0.2) is 30.3 Å². The summed E-state index contributed by atoms with van der Waals surface area (Å²) in [6.45, 7) is 2.61. The summed E-state index contributed by atoms with van der Waals surface area (Å²) in [6, 6.07) is 6.84. The van der Waals surface area contributed by atoms with E-state index in [1.54, 1.807) is 30.3 Å². The molecule has 1 aromatic carbocycles. The maximum absolute atomic E-state index is 12.7. The SMILES string of the molecule is CC1(C)[C@H](C(=O)O)N2C(=O)[C@@H]([C@@H](O)c3ccccc3)[C@H]2S1(=O)=O. The Kier molecular flexibility index (Phi) is 3.32. The molecule has 1 aromatic rings. The zero-order chi connectivity index (χ0) is 17.2. The van der Waals surface area contributed by atoms with Gasteiger partial charge in [0.05, 0.1) is 10.9 Å². The Bertz CT molecular complexity index is 772. The zero-order valence-electron chi connectivity index (χ0n) is 12.6. The summed E-state index contributed by atoms with van der Waals surface area (Å²) in [6.07, 6.45) is -1.29. The molecule has 4 atom stereocenters. The van der Waals surface area contributed by atoms with Crippen molar-refractivity contribution in [3.8, 4) is 0 Å². The number of aliphatic carboxylic acids is 1. The Morgan fingerprint density at radius 1 is 1.26 bits per heavy atom. The van der Waals surface area contributed by atoms with Crippen LogP contribution < -0.4 is 0 Å². The first-order valence-electron chi connectivity index (χ1n) is 7.14. The fourth-order valence-corrected chi connectivity index (χ4v) is 5.82. The summed E-state index contributed by atoms with van der Waals surface area (Å²) in [7, 11) is -3.93. The number of fused-ring (bicyclic) bond motifs is 1. The van der Waals surface area contributed by atoms with Crippen molar-refractivity contribution in [3.05, 3.63) is 35.9 Å². The van der Waals surface area contributed by atoms with E-state index in [9.17, 15) is 28.2 Å². The number of hydrogen-bond donors (Lipinski definition) is 2. The van der Waals surface area contributed by atoms with Crippen LogP contribution in [0.25, 0.3) is 0 Å². The fourth-order valence-electron chi connectivity index (χ4n) is 3.49. The van der Waals surface area contributed by atoms with Gasteiger partial charge in [-0.05, 0) is 19.4 Å². The monoisotopic (exact) mass is 339 g/mol. The molecule has 2 heterocycles. The highest BCUT2D eigenvalue weighted by molar-refractivity contribution is 7.93. The summed E-state index contributed by atoms with van der Waals surface area (Å²) in [4.78, 5) is 24.7. The van der Waals surface area contributed by atoms with Gasteiger partial charge in [0.1, 0.15) is 17.3 Å². The first-order chi connectivity index (χ1) is 10.6. The number of sulfone groups is 1. The van der Waals surface area contributed by atoms with Gasteiger partial charge in [0, 0.05) is 0 Å². The normalized spacial score (nSPS) is 32.0. The summed E-state index contributed by atoms with van der Waals surface area (Å²) >= 11 is 0. The molecule has 0 radical (unpaired) electrons. The first-order valence-corrected chi connectivity index (χ1v) is 8.68. The lowest BCUT2D eigenvalue weighted by molar-refractivity contribution is -0.169. The second-order valence-corrected chi connectivity index (χ2v) is 9.03. The number of carbonyl (C=O) groups excluding carboxylic acids is 1. The van der Waals surface area contributed by atoms with E-state index < -0.39 is 49.9 Å². The maximum atomic E-state index is 12.7. The Labute approximate surface area is 133 Å². The number of carbonyl (C=O) groups is 2. The van der Waals surface area contributed by atoms with Gasteiger partial charge in [0.15, 0.2) is 9.84 Å². The Morgan fingerprint density at radius 2 is 1.83 bits per heavy atom. The number of aliphatic hydroxyl groups excluding tert-OH is 1. The van der Waals surface area contributed by atoms with Crippen LogP contribution in [0, 0.1) is 5.92 Å². The molecule has 0 aliphatic carbocycles. The largest absolute Gasteiger partial charge is 0.480 e. The molecule has 124 valence electrons. The van der Waals surface area contributed by atoms with Crippen molar-refractivity contribution in [2.75, 3.05) is 0 Å². The number of hydrogen-bond acceptors (Lipinski definition) is 5. The number of carboxylic acids is 1. The van der Waals surface area contributed by atoms with Gasteiger partial charge in [-0.15, -0.1) is 0 Å². The molecule has 2 aliphatic rings. The van der Waals surface area contributed by atoms with E-state index in [-0.39, 0.29) is 0 Å². The Hall–Kier alpha value is -1.93. The predicted octanol–water partition coefficient (Wildman–Crippen LogP) is 0.165. The number of β-lactam (4-membered cyclic amide) rings is 1. The smallest absolute Gasteiger partial charge is 0.328 e. The average Bonchev–Trinajstić information content (AvgIpc) is 2.62. The quantitative estimate of drug-likeness (QED) is 0.759. The van der Waals surface area contributed by atoms with Crippen molar-refractivity contribution < 1.29 is 28.2 Å². The van der Waals surface area contributed by atoms with Crippen LogP contribution in [0.3, 0.4) is 0 Å². The number of carboxylic acid groups (broad SMARTS) is 1. The van der Waals surface area contributed by atoms with Gasteiger partial charge in [0.25, 0.3) is 0 Å². The molecule has 23 heavy (non-hydrogen) atoms. The minimum absolute atomic E-state index is 0.428. The van der Waals surface area contributed by atoms with Crippen LogP contribution in [0.4, 0.5) is 0 Å². The van der Waals surface area contributed by atoms with Crippen molar-refractivity contribution in [1.29, 1.82) is 0 Å². The van der Waals surface area contributed by atoms with E-state index >= 15 is 0 Å². The highest BCUT2D eigenvalue weighted by Crippen LogP contribution is 2.51. The number of amides is 1. The molecule has 3 rings (SSSR count). The maximum Gasteiger partial charge on any atom is 0.328 e. The van der Waals surface area contributed by atoms with Crippen LogP contribution in [-0.2, 0) is 19.4 Å². The van der Waals surface area contributed by atoms with Gasteiger partial charge in [-0.2, -0.15) is 0 Å². The molecular weight excluding hydrogens is 322 g/mol. The third kappa shape index (κ3) is 1.88. The van der Waals surface area contributed by atoms with E-state index in [1.165, 1.54) is 13.8 Å². The van der Waals surface area contributed by atoms with Crippen LogP contribution in [0.5, 0.6) is 0 Å². The molecule has 2 fully saturated rings. The van der Waals surface area contributed by atoms with Gasteiger partial charge in [-0.3, -0.25) is 4.79 Å². The van der Waals surface area contributed by atoms with Crippen molar-refractivity contribution in [2.24, 2.45) is 5.92 Å². The van der Waals surface area contributed by atoms with E-state index in [4.69, 9.17) is 0 Å². The first kappa shape index (κ1) is 15.9. The van der Waals surface area contributed by atoms with Crippen molar-refractivity contribution in [2.45, 2.75) is 36.1 Å². The van der Waals surface area contributed by atoms with E-state index in [0.717, 1.165) is 4.90 Å². The summed E-state index contributed by atoms with van der Waals surface area (Å²) in [5.41, 5.74) is 0.428. The van der Waals surface area contributed by atoms with Crippen LogP contribution in [-0.4, -0.2) is 51.6 Å². The van der Waals surface area contributed by atoms with E-state index in [0.29, 0.717) is 5.56 Å². The molecule has 2 aliphatic heterocycles. The lowest BCUT2D eigenvalue weighted by Crippen LogP contribution is -2.64. The third-order valence-electron chi connectivity index (χ3n) is 4.82. The molecule has 0 bridgehead atoms. The van der Waals surface area contributed by atoms with Gasteiger partial charge < -0.3 is 15.1 Å². The van der Waals surface area contributed by atoms with Gasteiger partial charge >= 0.3 is 5.97 Å². The van der Waals surface area contributed by atoms with E-state index in [1.807, 2.05) is 0 Å². The Morgan fingerprint density at radius 3 is 2.35 bits per heavy atom. The highest BCUT2D eigenvalue weighted by Gasteiger charge is 2.73. The van der Waals surface area contributed by atoms with Crippen LogP contribution >= 0.6 is 0 Å². The molecule has 0 unspecified atom stereocenters. The molecule has 2 saturated heterocycles. The lowest BCUT2D eigenvalue weighted by Gasteiger charge is -2.44. The Balaban J connectivity index is 2.04. The standard InChI is InChI=1S/C15H17NO6S/c1-15(2)11(14(19)20)16-12(18)9(13(16)23(15,21)22)10(17)8-6-4-3-5-7-8/h3-7,9-11,13,17H,1-2H3,(H,19,20)/t9-,10+,11+,13-/m1/s1. The molecule has 0 aromatic heterocycles. The highest BCUT2D eigenvalue weighted by atomic mass is 32.2. The molecule has 1 amide bonds. The minimum atomic E-state index is -3.93. The van der Waals surface area contributed by atoms with Crippen LogP contribution in [0.2, 0.25) is 0 Å². The lowest BCUT2D eigenvalue weighted by atomic mass is 9.85. The average molecular weight is 339 g/mol. The number of nitrogens with zero attached hydrogens (tertiary/aromatic N) is 1. The topological polar surface area (TPSA) is 112 Å². The molecule has 8 heteroatoms. The van der Waals surface area contributed by atoms with Gasteiger partial charge in [-0.1, -0.05) is 30.3 Å². The van der Waals surface area contributed by atoms with E-state index in [2.05, 4.69) is 0 Å². The van der Waals surface area contributed by atoms with Crippen molar-refractivity contribution >= 4 is 21.7 Å². The summed E-state index contributed by atoms with van der Waals surface area (Å²) in [5.74, 6) is -3.18. The number of aliphatic hydroxyl groups is 1. The number of rotatable bonds is 3. The summed E-state index contributed by atoms with van der Waals surface area (Å²) in [5, 5.41) is 18.5. The second kappa shape index (κ2) is 4.78. The minimum Gasteiger partial charge on any atom is -0.480 e. The molecule has 7 nitrogen and oxygen atoms in total. The third-order valence-corrected chi connectivity index (χ3v) is 7.67. The molecule has 2 N–H and O–H groups in total. The molecular formula is C15H17NO6S. The molecule has 0 spiro atoms. The predicted molar refractivity (Wildman–Crippen MR) is 79.9 cm³/mol. The van der Waals surface area contributed by atoms with Crippen LogP contribution in [0.1, 0.15) is 25.5 Å².